The average Bonchev–Trinajstić information content (AvgIpc) is 2.96. The Balaban J connectivity index is 1.79. The van der Waals surface area contributed by atoms with Gasteiger partial charge in [-0.05, 0) is 25.8 Å². The Bertz CT molecular complexity index is 678. The fraction of sp³-hybridized carbons (Fsp3) is 0.533. The molecule has 2 heterocycles. The SMILES string of the molecule is Cc1ccn(-c2cc(CCl)nc(NC3CCC(F)(F)CC3)n2)n1. The van der Waals surface area contributed by atoms with Gasteiger partial charge in [-0.15, -0.1) is 11.6 Å². The summed E-state index contributed by atoms with van der Waals surface area (Å²) in [6.45, 7) is 1.89. The molecule has 0 atom stereocenters. The van der Waals surface area contributed by atoms with Crippen molar-refractivity contribution in [3.63, 3.8) is 0 Å². The van der Waals surface area contributed by atoms with Crippen LogP contribution in [0, 0.1) is 6.92 Å². The summed E-state index contributed by atoms with van der Waals surface area (Å²) >= 11 is 5.90. The number of rotatable bonds is 4. The molecule has 1 saturated carbocycles. The molecule has 0 aromatic carbocycles. The maximum absolute atomic E-state index is 13.2. The zero-order valence-corrected chi connectivity index (χ0v) is 13.5. The topological polar surface area (TPSA) is 55.6 Å². The molecule has 0 spiro atoms. The van der Waals surface area contributed by atoms with E-state index in [4.69, 9.17) is 11.6 Å². The van der Waals surface area contributed by atoms with Gasteiger partial charge in [-0.1, -0.05) is 0 Å². The van der Waals surface area contributed by atoms with Crippen molar-refractivity contribution in [3.05, 3.63) is 29.7 Å². The zero-order chi connectivity index (χ0) is 16.4. The van der Waals surface area contributed by atoms with Crippen molar-refractivity contribution in [1.82, 2.24) is 19.7 Å². The molecule has 8 heteroatoms. The Morgan fingerprint density at radius 2 is 2.09 bits per heavy atom. The highest BCUT2D eigenvalue weighted by atomic mass is 35.5. The molecule has 1 aliphatic carbocycles. The lowest BCUT2D eigenvalue weighted by Crippen LogP contribution is -2.32. The highest BCUT2D eigenvalue weighted by molar-refractivity contribution is 6.16. The van der Waals surface area contributed by atoms with Crippen LogP contribution in [0.15, 0.2) is 18.3 Å². The minimum absolute atomic E-state index is 0.0487. The molecule has 5 nitrogen and oxygen atoms in total. The van der Waals surface area contributed by atoms with Gasteiger partial charge in [-0.3, -0.25) is 0 Å². The molecule has 0 amide bonds. The second kappa shape index (κ2) is 6.39. The normalized spacial score (nSPS) is 18.1. The Morgan fingerprint density at radius 3 is 2.70 bits per heavy atom. The fourth-order valence-corrected chi connectivity index (χ4v) is 2.78. The predicted molar refractivity (Wildman–Crippen MR) is 84.3 cm³/mol. The highest BCUT2D eigenvalue weighted by Crippen LogP contribution is 2.34. The van der Waals surface area contributed by atoms with Crippen molar-refractivity contribution < 1.29 is 8.78 Å². The van der Waals surface area contributed by atoms with Gasteiger partial charge < -0.3 is 5.32 Å². The number of aryl methyl sites for hydroxylation is 1. The molecule has 1 fully saturated rings. The maximum atomic E-state index is 13.2. The summed E-state index contributed by atoms with van der Waals surface area (Å²) in [4.78, 5) is 8.76. The van der Waals surface area contributed by atoms with Crippen LogP contribution in [-0.4, -0.2) is 31.7 Å². The van der Waals surface area contributed by atoms with E-state index in [9.17, 15) is 8.78 Å². The highest BCUT2D eigenvalue weighted by Gasteiger charge is 2.35. The second-order valence-corrected chi connectivity index (χ2v) is 6.12. The van der Waals surface area contributed by atoms with Crippen molar-refractivity contribution in [3.8, 4) is 5.82 Å². The van der Waals surface area contributed by atoms with E-state index in [0.29, 0.717) is 30.3 Å². The number of hydrogen-bond donors (Lipinski definition) is 1. The molecule has 124 valence electrons. The van der Waals surface area contributed by atoms with E-state index in [1.165, 1.54) is 0 Å². The standard InChI is InChI=1S/C15H18ClF2N5/c1-10-4-7-23(22-10)13-8-12(9-16)20-14(21-13)19-11-2-5-15(17,18)6-3-11/h4,7-8,11H,2-3,5-6,9H2,1H3,(H,19,20,21). The van der Waals surface area contributed by atoms with Crippen molar-refractivity contribution in [2.24, 2.45) is 0 Å². The lowest BCUT2D eigenvalue weighted by Gasteiger charge is -2.28. The van der Waals surface area contributed by atoms with Crippen LogP contribution in [-0.2, 0) is 5.88 Å². The Labute approximate surface area is 138 Å². The fourth-order valence-electron chi connectivity index (χ4n) is 2.64. The van der Waals surface area contributed by atoms with Gasteiger partial charge in [0.05, 0.1) is 17.3 Å². The molecule has 0 aliphatic heterocycles. The number of aromatic nitrogens is 4. The van der Waals surface area contributed by atoms with Gasteiger partial charge in [0.1, 0.15) is 0 Å². The minimum atomic E-state index is -2.55. The Kier molecular flexibility index (Phi) is 4.48. The molecule has 23 heavy (non-hydrogen) atoms. The first-order valence-corrected chi connectivity index (χ1v) is 8.09. The molecule has 1 aliphatic rings. The van der Waals surface area contributed by atoms with Crippen LogP contribution in [0.2, 0.25) is 0 Å². The van der Waals surface area contributed by atoms with Gasteiger partial charge in [0.2, 0.25) is 11.9 Å². The molecular weight excluding hydrogens is 324 g/mol. The van der Waals surface area contributed by atoms with Crippen LogP contribution in [0.5, 0.6) is 0 Å². The van der Waals surface area contributed by atoms with Crippen LogP contribution in [0.1, 0.15) is 37.1 Å². The molecule has 1 N–H and O–H groups in total. The van der Waals surface area contributed by atoms with Gasteiger partial charge in [0.15, 0.2) is 5.82 Å². The molecule has 0 unspecified atom stereocenters. The third-order valence-electron chi connectivity index (χ3n) is 3.91. The van der Waals surface area contributed by atoms with Gasteiger partial charge in [0.25, 0.3) is 0 Å². The lowest BCUT2D eigenvalue weighted by atomic mass is 9.92. The molecule has 0 bridgehead atoms. The third kappa shape index (κ3) is 3.96. The molecule has 3 rings (SSSR count). The van der Waals surface area contributed by atoms with E-state index in [2.05, 4.69) is 20.4 Å². The summed E-state index contributed by atoms with van der Waals surface area (Å²) < 4.78 is 28.1. The van der Waals surface area contributed by atoms with Gasteiger partial charge in [-0.2, -0.15) is 10.1 Å². The quantitative estimate of drug-likeness (QED) is 0.861. The number of alkyl halides is 3. The Morgan fingerprint density at radius 1 is 1.35 bits per heavy atom. The average molecular weight is 342 g/mol. The minimum Gasteiger partial charge on any atom is -0.351 e. The van der Waals surface area contributed by atoms with E-state index < -0.39 is 5.92 Å². The number of halogens is 3. The first kappa shape index (κ1) is 16.1. The van der Waals surface area contributed by atoms with E-state index >= 15 is 0 Å². The lowest BCUT2D eigenvalue weighted by molar-refractivity contribution is -0.0361. The first-order chi connectivity index (χ1) is 10.9. The van der Waals surface area contributed by atoms with Gasteiger partial charge >= 0.3 is 0 Å². The monoisotopic (exact) mass is 341 g/mol. The summed E-state index contributed by atoms with van der Waals surface area (Å²) in [5.74, 6) is -1.30. The summed E-state index contributed by atoms with van der Waals surface area (Å²) in [7, 11) is 0. The van der Waals surface area contributed by atoms with Crippen molar-refractivity contribution in [1.29, 1.82) is 0 Å². The summed E-state index contributed by atoms with van der Waals surface area (Å²) in [6, 6.07) is 3.59. The molecule has 2 aromatic heterocycles. The maximum Gasteiger partial charge on any atom is 0.248 e. The molecule has 0 radical (unpaired) electrons. The smallest absolute Gasteiger partial charge is 0.248 e. The number of hydrogen-bond acceptors (Lipinski definition) is 4. The zero-order valence-electron chi connectivity index (χ0n) is 12.8. The van der Waals surface area contributed by atoms with Crippen molar-refractivity contribution in [2.75, 3.05) is 5.32 Å². The van der Waals surface area contributed by atoms with Gasteiger partial charge in [0, 0.05) is 31.1 Å². The largest absolute Gasteiger partial charge is 0.351 e. The second-order valence-electron chi connectivity index (χ2n) is 5.85. The van der Waals surface area contributed by atoms with E-state index in [1.807, 2.05) is 13.0 Å². The molecular formula is C15H18ClF2N5. The number of nitrogens with one attached hydrogen (secondary N) is 1. The predicted octanol–water partition coefficient (Wildman–Crippen LogP) is 3.70. The van der Waals surface area contributed by atoms with Crippen LogP contribution in [0.3, 0.4) is 0 Å². The Hall–Kier alpha value is -1.76. The van der Waals surface area contributed by atoms with E-state index in [1.54, 1.807) is 16.9 Å². The number of nitrogens with zero attached hydrogens (tertiary/aromatic N) is 4. The van der Waals surface area contributed by atoms with Crippen LogP contribution in [0.25, 0.3) is 5.82 Å². The third-order valence-corrected chi connectivity index (χ3v) is 4.18. The van der Waals surface area contributed by atoms with Crippen molar-refractivity contribution >= 4 is 17.5 Å². The van der Waals surface area contributed by atoms with E-state index in [0.717, 1.165) is 5.69 Å². The van der Waals surface area contributed by atoms with Crippen molar-refractivity contribution in [2.45, 2.75) is 50.5 Å². The van der Waals surface area contributed by atoms with Gasteiger partial charge in [-0.25, -0.2) is 18.4 Å². The van der Waals surface area contributed by atoms with Crippen LogP contribution < -0.4 is 5.32 Å². The summed E-state index contributed by atoms with van der Waals surface area (Å²) in [5, 5.41) is 7.47. The summed E-state index contributed by atoms with van der Waals surface area (Å²) in [5.41, 5.74) is 1.54. The molecule has 2 aromatic rings. The van der Waals surface area contributed by atoms with E-state index in [-0.39, 0.29) is 24.8 Å². The van der Waals surface area contributed by atoms with Crippen LogP contribution >= 0.6 is 11.6 Å². The first-order valence-electron chi connectivity index (χ1n) is 7.56. The number of anilines is 1. The molecule has 0 saturated heterocycles. The van der Waals surface area contributed by atoms with Crippen LogP contribution in [0.4, 0.5) is 14.7 Å². The summed E-state index contributed by atoms with van der Waals surface area (Å²) in [6.07, 6.45) is 2.39.